The minimum atomic E-state index is 0. The number of hydrogen-bond donors (Lipinski definition) is 1. The van der Waals surface area contributed by atoms with Crippen molar-refractivity contribution in [2.24, 2.45) is 7.05 Å². The number of rotatable bonds is 8. The van der Waals surface area contributed by atoms with Crippen LogP contribution in [0.15, 0.2) is 36.9 Å². The lowest BCUT2D eigenvalue weighted by molar-refractivity contribution is -0.671. The van der Waals surface area contributed by atoms with Gasteiger partial charge in [0.25, 0.3) is 0 Å². The van der Waals surface area contributed by atoms with Crippen molar-refractivity contribution in [3.63, 3.8) is 0 Å². The van der Waals surface area contributed by atoms with Gasteiger partial charge in [0.2, 0.25) is 6.33 Å². The molecule has 0 aliphatic carbocycles. The average molecular weight is 437 g/mol. The van der Waals surface area contributed by atoms with E-state index < -0.39 is 0 Å². The number of anilines is 2. The number of ether oxygens (including phenoxy) is 1. The van der Waals surface area contributed by atoms with Crippen LogP contribution < -0.4 is 27.6 Å². The molecule has 7 heteroatoms. The monoisotopic (exact) mass is 436 g/mol. The Morgan fingerprint density at radius 1 is 1.38 bits per heavy atom. The molecule has 0 radical (unpaired) electrons. The molecule has 1 aliphatic heterocycles. The second-order valence-electron chi connectivity index (χ2n) is 9.05. The van der Waals surface area contributed by atoms with Gasteiger partial charge in [0.1, 0.15) is 12.4 Å². The van der Waals surface area contributed by atoms with Gasteiger partial charge in [-0.05, 0) is 41.1 Å². The van der Waals surface area contributed by atoms with Crippen LogP contribution in [0.5, 0.6) is 0 Å². The molecule has 2 N–H and O–H groups in total. The summed E-state index contributed by atoms with van der Waals surface area (Å²) in [6.45, 7) is 10.8. The first-order chi connectivity index (χ1) is 13.3. The first-order valence-electron chi connectivity index (χ1n) is 10.5. The molecule has 0 bridgehead atoms. The largest absolute Gasteiger partial charge is 1.00 e. The number of nitrogens with two attached hydrogens (primary N) is 1. The zero-order chi connectivity index (χ0) is 20.3. The SMILES string of the molecule is CC([SiH3])C(C)(C)c1cc(N2CCC(OCCCn3cc[n+](C)c3)C2)ccc1N.[Cl-]. The summed E-state index contributed by atoms with van der Waals surface area (Å²) in [6, 6.07) is 6.57. The molecule has 2 atom stereocenters. The first kappa shape index (κ1) is 23.8. The standard InChI is InChI=1S/C22H37N4OSi.ClH/c1-17(28)22(2,3)20-14-18(6-7-21(20)23)26-10-8-19(15-26)27-13-5-9-25-12-11-24(4)16-25;/h6-7,11-12,14,16-17,19H,5,8-10,13,15,23H2,1-4,28H3;1H/q+1;/p-1. The molecule has 2 aromatic rings. The summed E-state index contributed by atoms with van der Waals surface area (Å²) in [6.07, 6.45) is 8.75. The van der Waals surface area contributed by atoms with Gasteiger partial charge in [-0.2, -0.15) is 0 Å². The predicted molar refractivity (Wildman–Crippen MR) is 120 cm³/mol. The smallest absolute Gasteiger partial charge is 0.243 e. The van der Waals surface area contributed by atoms with Crippen LogP contribution in [-0.4, -0.2) is 40.6 Å². The summed E-state index contributed by atoms with van der Waals surface area (Å²) in [4.78, 5) is 2.45. The van der Waals surface area contributed by atoms with E-state index in [4.69, 9.17) is 10.5 Å². The number of hydrogen-bond acceptors (Lipinski definition) is 3. The Balaban J connectivity index is 0.00000300. The molecular formula is C22H37ClN4OSi. The fourth-order valence-electron chi connectivity index (χ4n) is 3.84. The fraction of sp³-hybridized carbons (Fsp3) is 0.591. The highest BCUT2D eigenvalue weighted by Gasteiger charge is 2.29. The molecule has 0 saturated carbocycles. The third-order valence-electron chi connectivity index (χ3n) is 6.42. The fourth-order valence-corrected chi connectivity index (χ4v) is 4.15. The number of nitrogen functional groups attached to an aromatic ring is 1. The summed E-state index contributed by atoms with van der Waals surface area (Å²) in [5.74, 6) is 0. The third-order valence-corrected chi connectivity index (χ3v) is 7.87. The molecule has 2 unspecified atom stereocenters. The zero-order valence-corrected chi connectivity index (χ0v) is 21.3. The van der Waals surface area contributed by atoms with Gasteiger partial charge in [-0.1, -0.05) is 20.8 Å². The van der Waals surface area contributed by atoms with Crippen LogP contribution in [0.3, 0.4) is 0 Å². The van der Waals surface area contributed by atoms with Gasteiger partial charge in [-0.15, -0.1) is 0 Å². The highest BCUT2D eigenvalue weighted by Crippen LogP contribution is 2.39. The van der Waals surface area contributed by atoms with Gasteiger partial charge < -0.3 is 27.8 Å². The molecule has 29 heavy (non-hydrogen) atoms. The van der Waals surface area contributed by atoms with Gasteiger partial charge in [-0.25, -0.2) is 9.13 Å². The molecule has 3 rings (SSSR count). The van der Waals surface area contributed by atoms with Gasteiger partial charge >= 0.3 is 0 Å². The Morgan fingerprint density at radius 3 is 2.79 bits per heavy atom. The number of imidazole rings is 1. The van der Waals surface area contributed by atoms with E-state index in [1.54, 1.807) is 0 Å². The van der Waals surface area contributed by atoms with Crippen LogP contribution >= 0.6 is 0 Å². The van der Waals surface area contributed by atoms with E-state index in [9.17, 15) is 0 Å². The molecule has 1 aliphatic rings. The van der Waals surface area contributed by atoms with Gasteiger partial charge in [0.15, 0.2) is 0 Å². The molecule has 5 nitrogen and oxygen atoms in total. The highest BCUT2D eigenvalue weighted by atomic mass is 35.5. The van der Waals surface area contributed by atoms with E-state index in [2.05, 4.69) is 71.7 Å². The summed E-state index contributed by atoms with van der Waals surface area (Å²) in [5, 5.41) is 0. The van der Waals surface area contributed by atoms with Gasteiger partial charge in [0.05, 0.1) is 26.3 Å². The van der Waals surface area contributed by atoms with Crippen molar-refractivity contribution in [3.05, 3.63) is 42.5 Å². The maximum absolute atomic E-state index is 6.34. The number of aryl methyl sites for hydroxylation is 2. The molecule has 1 fully saturated rings. The van der Waals surface area contributed by atoms with Crippen molar-refractivity contribution >= 4 is 21.6 Å². The molecule has 1 aromatic heterocycles. The highest BCUT2D eigenvalue weighted by molar-refractivity contribution is 6.12. The number of benzene rings is 1. The van der Waals surface area contributed by atoms with Gasteiger partial charge in [0, 0.05) is 41.1 Å². The van der Waals surface area contributed by atoms with Crippen molar-refractivity contribution in [2.45, 2.75) is 57.2 Å². The van der Waals surface area contributed by atoms with Crippen LogP contribution in [0.2, 0.25) is 5.54 Å². The number of aromatic nitrogens is 2. The Kier molecular flexibility index (Phi) is 8.20. The van der Waals surface area contributed by atoms with E-state index in [-0.39, 0.29) is 17.8 Å². The van der Waals surface area contributed by atoms with E-state index in [0.717, 1.165) is 44.8 Å². The lowest BCUT2D eigenvalue weighted by atomic mass is 9.80. The third kappa shape index (κ3) is 5.77. The summed E-state index contributed by atoms with van der Waals surface area (Å²) >= 11 is 0. The molecule has 2 heterocycles. The lowest BCUT2D eigenvalue weighted by Crippen LogP contribution is -3.00. The van der Waals surface area contributed by atoms with E-state index in [1.165, 1.54) is 21.5 Å². The molecular weight excluding hydrogens is 400 g/mol. The molecule has 162 valence electrons. The van der Waals surface area contributed by atoms with E-state index in [0.29, 0.717) is 11.6 Å². The van der Waals surface area contributed by atoms with Crippen molar-refractivity contribution in [1.82, 2.24) is 4.57 Å². The van der Waals surface area contributed by atoms with Crippen molar-refractivity contribution < 1.29 is 21.7 Å². The van der Waals surface area contributed by atoms with E-state index in [1.807, 2.05) is 7.05 Å². The normalized spacial score (nSPS) is 18.1. The summed E-state index contributed by atoms with van der Waals surface area (Å²) < 4.78 is 10.4. The van der Waals surface area contributed by atoms with Crippen molar-refractivity contribution in [2.75, 3.05) is 30.3 Å². The maximum Gasteiger partial charge on any atom is 0.243 e. The van der Waals surface area contributed by atoms with Crippen molar-refractivity contribution in [1.29, 1.82) is 0 Å². The maximum atomic E-state index is 6.34. The quantitative estimate of drug-likeness (QED) is 0.251. The summed E-state index contributed by atoms with van der Waals surface area (Å²) in [7, 11) is 3.21. The molecule has 0 spiro atoms. The van der Waals surface area contributed by atoms with Crippen LogP contribution in [-0.2, 0) is 23.7 Å². The van der Waals surface area contributed by atoms with Crippen LogP contribution in [0.1, 0.15) is 39.2 Å². The Bertz CT molecular complexity index is 793. The minimum absolute atomic E-state index is 0. The second-order valence-corrected chi connectivity index (χ2v) is 10.8. The Hall–Kier alpha value is -1.50. The van der Waals surface area contributed by atoms with Crippen LogP contribution in [0, 0.1) is 0 Å². The predicted octanol–water partition coefficient (Wildman–Crippen LogP) is -0.964. The first-order valence-corrected chi connectivity index (χ1v) is 11.7. The van der Waals surface area contributed by atoms with Gasteiger partial charge in [-0.3, -0.25) is 0 Å². The van der Waals surface area contributed by atoms with Crippen molar-refractivity contribution in [3.8, 4) is 0 Å². The Morgan fingerprint density at radius 2 is 2.14 bits per heavy atom. The lowest BCUT2D eigenvalue weighted by Gasteiger charge is -2.32. The molecule has 1 saturated heterocycles. The van der Waals surface area contributed by atoms with Crippen LogP contribution in [0.25, 0.3) is 0 Å². The minimum Gasteiger partial charge on any atom is -1.00 e. The average Bonchev–Trinajstić information content (AvgIpc) is 3.28. The molecule has 0 amide bonds. The number of nitrogens with zero attached hydrogens (tertiary/aromatic N) is 3. The molecule has 1 aromatic carbocycles. The zero-order valence-electron chi connectivity index (χ0n) is 18.6. The van der Waals surface area contributed by atoms with Crippen LogP contribution in [0.4, 0.5) is 11.4 Å². The second kappa shape index (κ2) is 10.0. The number of halogens is 1. The van der Waals surface area contributed by atoms with E-state index >= 15 is 0 Å². The summed E-state index contributed by atoms with van der Waals surface area (Å²) in [5.41, 5.74) is 10.6. The topological polar surface area (TPSA) is 47.3 Å². The Labute approximate surface area is 185 Å².